The summed E-state index contributed by atoms with van der Waals surface area (Å²) >= 11 is 1.23. The fourth-order valence-electron chi connectivity index (χ4n) is 3.19. The number of nitrogens with one attached hydrogen (secondary N) is 1. The number of benzene rings is 1. The van der Waals surface area contributed by atoms with Gasteiger partial charge in [0.05, 0.1) is 29.1 Å². The first-order valence-corrected chi connectivity index (χ1v) is 11.0. The quantitative estimate of drug-likeness (QED) is 0.352. The molecule has 10 nitrogen and oxygen atoms in total. The highest BCUT2D eigenvalue weighted by molar-refractivity contribution is 7.15. The van der Waals surface area contributed by atoms with E-state index in [2.05, 4.69) is 25.5 Å². The Morgan fingerprint density at radius 2 is 1.65 bits per heavy atom. The molecule has 34 heavy (non-hydrogen) atoms. The van der Waals surface area contributed by atoms with Crippen LogP contribution in [0.15, 0.2) is 63.8 Å². The van der Waals surface area contributed by atoms with Gasteiger partial charge in [-0.3, -0.25) is 10.1 Å². The van der Waals surface area contributed by atoms with Crippen LogP contribution in [0.1, 0.15) is 22.3 Å². The van der Waals surface area contributed by atoms with Gasteiger partial charge >= 0.3 is 5.97 Å². The number of anilines is 1. The molecule has 0 aliphatic rings. The third-order valence-electron chi connectivity index (χ3n) is 4.82. The van der Waals surface area contributed by atoms with Crippen LogP contribution in [-0.2, 0) is 9.53 Å². The summed E-state index contributed by atoms with van der Waals surface area (Å²) in [4.78, 5) is 34.4. The zero-order chi connectivity index (χ0) is 23.7. The number of ether oxygens (including phenoxy) is 1. The molecule has 0 aliphatic carbocycles. The summed E-state index contributed by atoms with van der Waals surface area (Å²) in [7, 11) is 0. The molecule has 1 amide bonds. The van der Waals surface area contributed by atoms with Crippen molar-refractivity contribution in [3.63, 3.8) is 0 Å². The highest BCUT2D eigenvalue weighted by Crippen LogP contribution is 2.31. The summed E-state index contributed by atoms with van der Waals surface area (Å²) in [6.07, 6.45) is 2.05. The molecule has 0 saturated carbocycles. The van der Waals surface area contributed by atoms with E-state index in [1.54, 1.807) is 55.7 Å². The van der Waals surface area contributed by atoms with Crippen LogP contribution >= 0.6 is 11.3 Å². The predicted molar refractivity (Wildman–Crippen MR) is 123 cm³/mol. The predicted octanol–water partition coefficient (Wildman–Crippen LogP) is 4.49. The molecule has 1 atom stereocenters. The lowest BCUT2D eigenvalue weighted by Crippen LogP contribution is -2.30. The molecular formula is C23H17N5O5S. The average molecular weight is 475 g/mol. The van der Waals surface area contributed by atoms with E-state index in [-0.39, 0.29) is 5.56 Å². The van der Waals surface area contributed by atoms with Crippen LogP contribution in [-0.4, -0.2) is 38.1 Å². The monoisotopic (exact) mass is 475 g/mol. The van der Waals surface area contributed by atoms with Crippen molar-refractivity contribution in [2.45, 2.75) is 20.0 Å². The van der Waals surface area contributed by atoms with E-state index in [0.717, 1.165) is 0 Å². The number of furan rings is 2. The number of fused-ring (bicyclic) bond motifs is 1. The lowest BCUT2D eigenvalue weighted by atomic mass is 10.1. The second kappa shape index (κ2) is 8.87. The molecule has 1 N–H and O–H groups in total. The van der Waals surface area contributed by atoms with Gasteiger partial charge in [0.25, 0.3) is 5.91 Å². The Kier molecular flexibility index (Phi) is 5.60. The van der Waals surface area contributed by atoms with E-state index in [1.165, 1.54) is 24.5 Å². The number of aryl methyl sites for hydroxylation is 1. The van der Waals surface area contributed by atoms with Gasteiger partial charge in [0.15, 0.2) is 17.6 Å². The smallest absolute Gasteiger partial charge is 0.338 e. The second-order valence-electron chi connectivity index (χ2n) is 7.24. The van der Waals surface area contributed by atoms with E-state index in [9.17, 15) is 9.59 Å². The maximum Gasteiger partial charge on any atom is 0.338 e. The van der Waals surface area contributed by atoms with Crippen molar-refractivity contribution in [1.29, 1.82) is 0 Å². The topological polar surface area (TPSA) is 133 Å². The second-order valence-corrected chi connectivity index (χ2v) is 8.42. The zero-order valence-electron chi connectivity index (χ0n) is 18.0. The number of carbonyl (C=O) groups is 2. The lowest BCUT2D eigenvalue weighted by molar-refractivity contribution is -0.123. The Labute approximate surface area is 196 Å². The van der Waals surface area contributed by atoms with Gasteiger partial charge in [0, 0.05) is 0 Å². The van der Waals surface area contributed by atoms with Gasteiger partial charge in [-0.15, -0.1) is 10.2 Å². The summed E-state index contributed by atoms with van der Waals surface area (Å²) in [5.41, 5.74) is 2.22. The van der Waals surface area contributed by atoms with Crippen LogP contribution < -0.4 is 5.32 Å². The van der Waals surface area contributed by atoms with Gasteiger partial charge in [-0.05, 0) is 56.3 Å². The molecule has 1 unspecified atom stereocenters. The third-order valence-corrected chi connectivity index (χ3v) is 5.57. The molecule has 0 fully saturated rings. The SMILES string of the molecule is Cc1nnc(NC(=O)C(C)OC(=O)c2ccc3nc(-c4ccco4)c(-c4ccco4)nc3c2)s1. The number of nitrogens with zero attached hydrogens (tertiary/aromatic N) is 4. The fraction of sp³-hybridized carbons (Fsp3) is 0.130. The van der Waals surface area contributed by atoms with Gasteiger partial charge < -0.3 is 13.6 Å². The molecule has 4 aromatic heterocycles. The van der Waals surface area contributed by atoms with Crippen molar-refractivity contribution in [1.82, 2.24) is 20.2 Å². The van der Waals surface area contributed by atoms with E-state index >= 15 is 0 Å². The van der Waals surface area contributed by atoms with Crippen LogP contribution in [0.5, 0.6) is 0 Å². The summed E-state index contributed by atoms with van der Waals surface area (Å²) in [6.45, 7) is 3.25. The minimum Gasteiger partial charge on any atom is -0.463 e. The number of hydrogen-bond acceptors (Lipinski definition) is 10. The van der Waals surface area contributed by atoms with E-state index in [1.807, 2.05) is 0 Å². The van der Waals surface area contributed by atoms with Crippen molar-refractivity contribution in [3.8, 4) is 22.9 Å². The van der Waals surface area contributed by atoms with Gasteiger partial charge in [-0.1, -0.05) is 11.3 Å². The van der Waals surface area contributed by atoms with Crippen molar-refractivity contribution in [2.75, 3.05) is 5.32 Å². The summed E-state index contributed by atoms with van der Waals surface area (Å²) < 4.78 is 16.4. The van der Waals surface area contributed by atoms with Crippen LogP contribution in [0.4, 0.5) is 5.13 Å². The molecule has 0 saturated heterocycles. The maximum atomic E-state index is 12.7. The maximum absolute atomic E-state index is 12.7. The number of hydrogen-bond donors (Lipinski definition) is 1. The zero-order valence-corrected chi connectivity index (χ0v) is 18.8. The van der Waals surface area contributed by atoms with Crippen LogP contribution in [0.25, 0.3) is 33.9 Å². The molecule has 5 rings (SSSR count). The van der Waals surface area contributed by atoms with Crippen LogP contribution in [0, 0.1) is 6.92 Å². The van der Waals surface area contributed by atoms with E-state index in [0.29, 0.717) is 44.1 Å². The Bertz CT molecular complexity index is 1480. The van der Waals surface area contributed by atoms with E-state index < -0.39 is 18.0 Å². The number of esters is 1. The first-order chi connectivity index (χ1) is 16.5. The highest BCUT2D eigenvalue weighted by atomic mass is 32.1. The Hall–Kier alpha value is -4.38. The normalized spacial score (nSPS) is 11.9. The fourth-order valence-corrected chi connectivity index (χ4v) is 3.78. The minimum atomic E-state index is -1.04. The largest absolute Gasteiger partial charge is 0.463 e. The summed E-state index contributed by atoms with van der Waals surface area (Å²) in [6, 6.07) is 11.8. The molecule has 170 valence electrons. The third kappa shape index (κ3) is 4.28. The van der Waals surface area contributed by atoms with Gasteiger partial charge in [-0.2, -0.15) is 0 Å². The molecule has 0 spiro atoms. The van der Waals surface area contributed by atoms with Gasteiger partial charge in [-0.25, -0.2) is 14.8 Å². The Balaban J connectivity index is 1.41. The van der Waals surface area contributed by atoms with Crippen molar-refractivity contribution in [2.24, 2.45) is 0 Å². The Morgan fingerprint density at radius 1 is 0.971 bits per heavy atom. The van der Waals surface area contributed by atoms with Gasteiger partial charge in [0.2, 0.25) is 5.13 Å². The van der Waals surface area contributed by atoms with Crippen molar-refractivity contribution < 1.29 is 23.2 Å². The standard InChI is InChI=1S/C23H17N5O5S/c1-12(21(29)26-23-28-27-13(2)34-23)33-22(30)14-7-8-15-16(11-14)25-20(18-6-4-10-32-18)19(24-15)17-5-3-9-31-17/h3-12H,1-2H3,(H,26,28,29). The molecule has 11 heteroatoms. The number of aromatic nitrogens is 4. The first kappa shape index (κ1) is 21.5. The molecular weight excluding hydrogens is 458 g/mol. The highest BCUT2D eigenvalue weighted by Gasteiger charge is 2.22. The molecule has 0 radical (unpaired) electrons. The average Bonchev–Trinajstić information content (AvgIpc) is 3.61. The minimum absolute atomic E-state index is 0.226. The number of amides is 1. The van der Waals surface area contributed by atoms with Crippen molar-refractivity contribution >= 4 is 39.4 Å². The van der Waals surface area contributed by atoms with Crippen LogP contribution in [0.3, 0.4) is 0 Å². The summed E-state index contributed by atoms with van der Waals surface area (Å²) in [5, 5.41) is 11.3. The molecule has 4 heterocycles. The molecule has 5 aromatic rings. The number of rotatable bonds is 6. The van der Waals surface area contributed by atoms with Crippen LogP contribution in [0.2, 0.25) is 0 Å². The molecule has 0 aliphatic heterocycles. The molecule has 0 bridgehead atoms. The Morgan fingerprint density at radius 3 is 2.24 bits per heavy atom. The summed E-state index contributed by atoms with van der Waals surface area (Å²) in [5.74, 6) is -0.136. The number of carbonyl (C=O) groups excluding carboxylic acids is 2. The molecule has 1 aromatic carbocycles. The van der Waals surface area contributed by atoms with Gasteiger partial charge in [0.1, 0.15) is 16.4 Å². The lowest BCUT2D eigenvalue weighted by Gasteiger charge is -2.12. The van der Waals surface area contributed by atoms with Crippen molar-refractivity contribution in [3.05, 3.63) is 65.6 Å². The first-order valence-electron chi connectivity index (χ1n) is 10.2. The van der Waals surface area contributed by atoms with E-state index in [4.69, 9.17) is 13.6 Å².